The number of hydrogen-bond donors (Lipinski definition) is 1. The Hall–Kier alpha value is -2.71. The average molecular weight is 453 g/mol. The lowest BCUT2D eigenvalue weighted by molar-refractivity contribution is -0.118. The molecule has 0 atom stereocenters. The highest BCUT2D eigenvalue weighted by Crippen LogP contribution is 2.34. The average Bonchev–Trinajstić information content (AvgIpc) is 3.17. The molecular formula is C24H28N4O3S. The van der Waals surface area contributed by atoms with Gasteiger partial charge < -0.3 is 5.73 Å². The van der Waals surface area contributed by atoms with E-state index in [9.17, 15) is 14.4 Å². The molecule has 1 aliphatic heterocycles. The van der Waals surface area contributed by atoms with E-state index in [1.54, 1.807) is 0 Å². The first-order chi connectivity index (χ1) is 15.5. The summed E-state index contributed by atoms with van der Waals surface area (Å²) in [6, 6.07) is 10.2. The van der Waals surface area contributed by atoms with Crippen LogP contribution in [0.15, 0.2) is 39.9 Å². The molecule has 1 fully saturated rings. The van der Waals surface area contributed by atoms with E-state index < -0.39 is 11.6 Å². The number of aromatic nitrogens is 2. The third-order valence-corrected chi connectivity index (χ3v) is 7.97. The molecule has 32 heavy (non-hydrogen) atoms. The van der Waals surface area contributed by atoms with E-state index in [0.717, 1.165) is 68.6 Å². The fourth-order valence-electron chi connectivity index (χ4n) is 5.21. The van der Waals surface area contributed by atoms with Crippen LogP contribution in [-0.2, 0) is 30.8 Å². The van der Waals surface area contributed by atoms with Gasteiger partial charge in [0.25, 0.3) is 5.56 Å². The second kappa shape index (κ2) is 8.67. The zero-order valence-corrected chi connectivity index (χ0v) is 18.9. The van der Waals surface area contributed by atoms with Crippen molar-refractivity contribution in [2.24, 2.45) is 5.73 Å². The Morgan fingerprint density at radius 2 is 1.84 bits per heavy atom. The van der Waals surface area contributed by atoms with Crippen molar-refractivity contribution in [3.8, 4) is 0 Å². The van der Waals surface area contributed by atoms with Gasteiger partial charge in [-0.2, -0.15) is 0 Å². The molecule has 0 saturated heterocycles. The van der Waals surface area contributed by atoms with Crippen molar-refractivity contribution in [3.63, 3.8) is 0 Å². The minimum atomic E-state index is -0.570. The topological polar surface area (TPSA) is 90.3 Å². The summed E-state index contributed by atoms with van der Waals surface area (Å²) in [4.78, 5) is 42.9. The van der Waals surface area contributed by atoms with Gasteiger partial charge in [0.05, 0.1) is 5.39 Å². The summed E-state index contributed by atoms with van der Waals surface area (Å²) in [7, 11) is 0. The lowest BCUT2D eigenvalue weighted by Gasteiger charge is -2.27. The third kappa shape index (κ3) is 3.82. The second-order valence-corrected chi connectivity index (χ2v) is 10.0. The van der Waals surface area contributed by atoms with Crippen LogP contribution in [0.3, 0.4) is 0 Å². The Labute approximate surface area is 190 Å². The molecule has 3 heterocycles. The van der Waals surface area contributed by atoms with Gasteiger partial charge in [0.1, 0.15) is 11.4 Å². The number of primary amides is 1. The predicted molar refractivity (Wildman–Crippen MR) is 126 cm³/mol. The summed E-state index contributed by atoms with van der Waals surface area (Å²) in [5.41, 5.74) is 7.20. The van der Waals surface area contributed by atoms with Crippen LogP contribution in [0.25, 0.3) is 10.2 Å². The molecule has 0 bridgehead atoms. The lowest BCUT2D eigenvalue weighted by atomic mass is 9.95. The second-order valence-electron chi connectivity index (χ2n) is 8.93. The largest absolute Gasteiger partial charge is 0.368 e. The maximum atomic E-state index is 13.6. The van der Waals surface area contributed by atoms with Gasteiger partial charge in [0, 0.05) is 30.6 Å². The highest BCUT2D eigenvalue weighted by molar-refractivity contribution is 7.18. The molecule has 2 aliphatic rings. The van der Waals surface area contributed by atoms with Gasteiger partial charge in [-0.05, 0) is 30.4 Å². The fourth-order valence-corrected chi connectivity index (χ4v) is 6.58. The number of carbonyl (C=O) groups excluding carboxylic acids is 1. The number of thiophene rings is 1. The molecule has 8 heteroatoms. The van der Waals surface area contributed by atoms with Gasteiger partial charge in [0.2, 0.25) is 5.91 Å². The van der Waals surface area contributed by atoms with E-state index in [4.69, 9.17) is 5.73 Å². The first-order valence-corrected chi connectivity index (χ1v) is 12.2. The van der Waals surface area contributed by atoms with Crippen molar-refractivity contribution < 1.29 is 4.79 Å². The minimum Gasteiger partial charge on any atom is -0.368 e. The van der Waals surface area contributed by atoms with Crippen molar-refractivity contribution in [1.29, 1.82) is 0 Å². The monoisotopic (exact) mass is 452 g/mol. The molecule has 1 aliphatic carbocycles. The van der Waals surface area contributed by atoms with Crippen molar-refractivity contribution in [3.05, 3.63) is 67.2 Å². The number of fused-ring (bicyclic) bond motifs is 3. The molecule has 2 N–H and O–H groups in total. The zero-order chi connectivity index (χ0) is 22.2. The minimum absolute atomic E-state index is 0.0963. The molecule has 168 valence electrons. The highest BCUT2D eigenvalue weighted by Gasteiger charge is 2.29. The molecule has 0 radical (unpaired) electrons. The summed E-state index contributed by atoms with van der Waals surface area (Å²) in [6.07, 6.45) is 5.58. The van der Waals surface area contributed by atoms with Gasteiger partial charge in [-0.3, -0.25) is 23.6 Å². The summed E-state index contributed by atoms with van der Waals surface area (Å²) in [5, 5.41) is 0.621. The Bertz CT molecular complexity index is 1270. The van der Waals surface area contributed by atoms with Gasteiger partial charge in [-0.25, -0.2) is 4.79 Å². The van der Waals surface area contributed by atoms with Gasteiger partial charge in [-0.1, -0.05) is 49.6 Å². The smallest absolute Gasteiger partial charge is 0.332 e. The zero-order valence-electron chi connectivity index (χ0n) is 18.1. The van der Waals surface area contributed by atoms with E-state index in [1.807, 2.05) is 18.2 Å². The highest BCUT2D eigenvalue weighted by atomic mass is 32.1. The summed E-state index contributed by atoms with van der Waals surface area (Å²) < 4.78 is 2.87. The van der Waals surface area contributed by atoms with E-state index in [0.29, 0.717) is 10.2 Å². The molecule has 3 aromatic rings. The predicted octanol–water partition coefficient (Wildman–Crippen LogP) is 2.77. The molecule has 7 nitrogen and oxygen atoms in total. The van der Waals surface area contributed by atoms with Crippen LogP contribution in [0.2, 0.25) is 0 Å². The molecular weight excluding hydrogens is 424 g/mol. The quantitative estimate of drug-likeness (QED) is 0.645. The summed E-state index contributed by atoms with van der Waals surface area (Å²) in [6.45, 7) is 2.23. The van der Waals surface area contributed by atoms with Crippen molar-refractivity contribution in [1.82, 2.24) is 14.0 Å². The fraction of sp³-hybridized carbons (Fsp3) is 0.458. The Balaban J connectivity index is 1.60. The molecule has 0 spiro atoms. The molecule has 5 rings (SSSR count). The number of nitrogens with two attached hydrogens (primary N) is 1. The van der Waals surface area contributed by atoms with E-state index in [-0.39, 0.29) is 18.1 Å². The molecule has 1 aromatic carbocycles. The maximum absolute atomic E-state index is 13.6. The lowest BCUT2D eigenvalue weighted by Crippen LogP contribution is -2.44. The molecule has 2 aromatic heterocycles. The number of rotatable bonds is 5. The number of benzene rings is 1. The summed E-state index contributed by atoms with van der Waals surface area (Å²) in [5.74, 6) is -0.570. The third-order valence-electron chi connectivity index (χ3n) is 6.73. The van der Waals surface area contributed by atoms with Gasteiger partial charge in [0.15, 0.2) is 0 Å². The van der Waals surface area contributed by atoms with E-state index in [1.165, 1.54) is 26.0 Å². The Morgan fingerprint density at radius 1 is 1.09 bits per heavy atom. The van der Waals surface area contributed by atoms with Crippen LogP contribution >= 0.6 is 11.3 Å². The van der Waals surface area contributed by atoms with Crippen molar-refractivity contribution in [2.75, 3.05) is 6.54 Å². The molecule has 1 amide bonds. The van der Waals surface area contributed by atoms with Crippen LogP contribution < -0.4 is 17.0 Å². The van der Waals surface area contributed by atoms with Crippen LogP contribution in [0, 0.1) is 0 Å². The number of nitrogens with zero attached hydrogens (tertiary/aromatic N) is 3. The standard InChI is InChI=1S/C24H28N4O3S/c25-20(29)15-27-23-21(22(30)28(24(27)31)17-9-5-2-6-10-17)18-11-12-26(14-19(18)32-23)13-16-7-3-1-4-8-16/h1,3-4,7-8,17H,2,5-6,9-15H2,(H2,25,29). The first kappa shape index (κ1) is 21.2. The molecule has 0 unspecified atom stereocenters. The normalized spacial score (nSPS) is 17.5. The van der Waals surface area contributed by atoms with Gasteiger partial charge in [-0.15, -0.1) is 11.3 Å². The Morgan fingerprint density at radius 3 is 2.56 bits per heavy atom. The van der Waals surface area contributed by atoms with Gasteiger partial charge >= 0.3 is 5.69 Å². The number of amides is 1. The number of hydrogen-bond acceptors (Lipinski definition) is 5. The first-order valence-electron chi connectivity index (χ1n) is 11.4. The number of carbonyl (C=O) groups is 1. The van der Waals surface area contributed by atoms with Crippen molar-refractivity contribution in [2.45, 2.75) is 64.2 Å². The van der Waals surface area contributed by atoms with Crippen LogP contribution in [0.1, 0.15) is 54.1 Å². The van der Waals surface area contributed by atoms with E-state index >= 15 is 0 Å². The Kier molecular flexibility index (Phi) is 5.73. The molecule has 1 saturated carbocycles. The van der Waals surface area contributed by atoms with Crippen LogP contribution in [-0.4, -0.2) is 26.5 Å². The van der Waals surface area contributed by atoms with E-state index in [2.05, 4.69) is 17.0 Å². The van der Waals surface area contributed by atoms with Crippen molar-refractivity contribution >= 4 is 27.5 Å². The SMILES string of the molecule is NC(=O)Cn1c(=O)n(C2CCCCC2)c(=O)c2c3c(sc21)CN(Cc1ccccc1)CC3. The van der Waals surface area contributed by atoms with Crippen LogP contribution in [0.5, 0.6) is 0 Å². The maximum Gasteiger partial charge on any atom is 0.332 e. The summed E-state index contributed by atoms with van der Waals surface area (Å²) >= 11 is 1.47. The van der Waals surface area contributed by atoms with Crippen LogP contribution in [0.4, 0.5) is 0 Å².